The summed E-state index contributed by atoms with van der Waals surface area (Å²) in [5.74, 6) is -1.11. The van der Waals surface area contributed by atoms with E-state index in [1.54, 1.807) is 12.1 Å². The number of amides is 1. The van der Waals surface area contributed by atoms with E-state index in [-0.39, 0.29) is 11.3 Å². The highest BCUT2D eigenvalue weighted by Crippen LogP contribution is 2.22. The molecule has 0 saturated heterocycles. The second kappa shape index (κ2) is 6.71. The van der Waals surface area contributed by atoms with E-state index in [9.17, 15) is 9.59 Å². The van der Waals surface area contributed by atoms with Crippen molar-refractivity contribution in [2.45, 2.75) is 0 Å². The van der Waals surface area contributed by atoms with Gasteiger partial charge in [0, 0.05) is 11.0 Å². The van der Waals surface area contributed by atoms with E-state index in [1.165, 1.54) is 36.7 Å². The van der Waals surface area contributed by atoms with Gasteiger partial charge < -0.3 is 15.2 Å². The first-order valence-corrected chi connectivity index (χ1v) is 6.92. The zero-order chi connectivity index (χ0) is 15.2. The molecule has 0 saturated carbocycles. The van der Waals surface area contributed by atoms with Gasteiger partial charge in [-0.1, -0.05) is 6.07 Å². The van der Waals surface area contributed by atoms with Crippen LogP contribution in [-0.2, 0) is 4.79 Å². The summed E-state index contributed by atoms with van der Waals surface area (Å²) < 4.78 is 4.97. The number of nitrogens with one attached hydrogen (secondary N) is 1. The Bertz CT molecular complexity index is 677. The molecule has 2 N–H and O–H groups in total. The van der Waals surface area contributed by atoms with Crippen LogP contribution in [0, 0.1) is 0 Å². The van der Waals surface area contributed by atoms with Crippen molar-refractivity contribution in [2.75, 3.05) is 12.4 Å². The standard InChI is InChI=1S/C15H13NO4S/c1-20-10-4-6-13(12(9-10)15(18)19)16-14(17)7-5-11-3-2-8-21-11/h2-9H,1H3,(H,16,17)(H,18,19)/b7-5+. The number of anilines is 1. The Kier molecular flexibility index (Phi) is 4.73. The third-order valence-electron chi connectivity index (χ3n) is 2.66. The lowest BCUT2D eigenvalue weighted by Crippen LogP contribution is -2.12. The van der Waals surface area contributed by atoms with Gasteiger partial charge in [0.15, 0.2) is 0 Å². The summed E-state index contributed by atoms with van der Waals surface area (Å²) in [4.78, 5) is 24.0. The van der Waals surface area contributed by atoms with Gasteiger partial charge in [0.25, 0.3) is 0 Å². The molecule has 0 fully saturated rings. The van der Waals surface area contributed by atoms with Crippen molar-refractivity contribution >= 4 is 35.0 Å². The topological polar surface area (TPSA) is 75.6 Å². The number of ether oxygens (including phenoxy) is 1. The SMILES string of the molecule is COc1ccc(NC(=O)/C=C/c2cccs2)c(C(=O)O)c1. The van der Waals surface area contributed by atoms with Gasteiger partial charge in [-0.3, -0.25) is 4.79 Å². The molecule has 2 aromatic rings. The van der Waals surface area contributed by atoms with Crippen molar-refractivity contribution in [1.82, 2.24) is 0 Å². The van der Waals surface area contributed by atoms with Crippen molar-refractivity contribution in [3.8, 4) is 5.75 Å². The zero-order valence-corrected chi connectivity index (χ0v) is 12.0. The van der Waals surface area contributed by atoms with Crippen molar-refractivity contribution in [3.63, 3.8) is 0 Å². The molecule has 0 aliphatic heterocycles. The summed E-state index contributed by atoms with van der Waals surface area (Å²) in [6.07, 6.45) is 3.03. The van der Waals surface area contributed by atoms with Gasteiger partial charge in [0.2, 0.25) is 5.91 Å². The number of carboxylic acid groups (broad SMARTS) is 1. The molecule has 1 heterocycles. The number of hydrogen-bond donors (Lipinski definition) is 2. The van der Waals surface area contributed by atoms with E-state index in [1.807, 2.05) is 17.5 Å². The Morgan fingerprint density at radius 1 is 1.33 bits per heavy atom. The van der Waals surface area contributed by atoms with E-state index in [4.69, 9.17) is 9.84 Å². The largest absolute Gasteiger partial charge is 0.497 e. The third-order valence-corrected chi connectivity index (χ3v) is 3.49. The van der Waals surface area contributed by atoms with Crippen LogP contribution in [0.2, 0.25) is 0 Å². The Labute approximate surface area is 125 Å². The lowest BCUT2D eigenvalue weighted by Gasteiger charge is -2.08. The van der Waals surface area contributed by atoms with Crippen LogP contribution in [0.25, 0.3) is 6.08 Å². The monoisotopic (exact) mass is 303 g/mol. The lowest BCUT2D eigenvalue weighted by molar-refractivity contribution is -0.111. The minimum Gasteiger partial charge on any atom is -0.497 e. The fraction of sp³-hybridized carbons (Fsp3) is 0.0667. The van der Waals surface area contributed by atoms with E-state index >= 15 is 0 Å². The second-order valence-corrected chi connectivity index (χ2v) is 5.03. The molecule has 0 unspecified atom stereocenters. The number of carboxylic acids is 1. The van der Waals surface area contributed by atoms with Crippen LogP contribution in [0.1, 0.15) is 15.2 Å². The molecule has 1 aromatic heterocycles. The van der Waals surface area contributed by atoms with Crippen LogP contribution < -0.4 is 10.1 Å². The number of aromatic carboxylic acids is 1. The summed E-state index contributed by atoms with van der Waals surface area (Å²) in [6, 6.07) is 8.21. The smallest absolute Gasteiger partial charge is 0.337 e. The van der Waals surface area contributed by atoms with Crippen molar-refractivity contribution < 1.29 is 19.4 Å². The van der Waals surface area contributed by atoms with Gasteiger partial charge in [-0.25, -0.2) is 4.79 Å². The minimum atomic E-state index is -1.13. The number of benzene rings is 1. The fourth-order valence-corrected chi connectivity index (χ4v) is 2.27. The molecule has 108 valence electrons. The number of thiophene rings is 1. The van der Waals surface area contributed by atoms with Gasteiger partial charge in [0.1, 0.15) is 5.75 Å². The molecule has 0 aliphatic rings. The second-order valence-electron chi connectivity index (χ2n) is 4.05. The molecule has 21 heavy (non-hydrogen) atoms. The highest BCUT2D eigenvalue weighted by molar-refractivity contribution is 7.10. The molecule has 0 aliphatic carbocycles. The molecule has 1 amide bonds. The Morgan fingerprint density at radius 2 is 2.14 bits per heavy atom. The third kappa shape index (κ3) is 3.93. The van der Waals surface area contributed by atoms with E-state index < -0.39 is 11.9 Å². The maximum atomic E-state index is 11.8. The highest BCUT2D eigenvalue weighted by Gasteiger charge is 2.12. The molecule has 1 aromatic carbocycles. The fourth-order valence-electron chi connectivity index (χ4n) is 1.65. The zero-order valence-electron chi connectivity index (χ0n) is 11.2. The van der Waals surface area contributed by atoms with Crippen LogP contribution >= 0.6 is 11.3 Å². The first-order chi connectivity index (χ1) is 10.1. The predicted molar refractivity (Wildman–Crippen MR) is 81.9 cm³/mol. The molecule has 0 bridgehead atoms. The first kappa shape index (κ1) is 14.8. The molecule has 0 radical (unpaired) electrons. The Morgan fingerprint density at radius 3 is 2.76 bits per heavy atom. The summed E-state index contributed by atoms with van der Waals surface area (Å²) in [5.41, 5.74) is 0.205. The van der Waals surface area contributed by atoms with E-state index in [0.717, 1.165) is 4.88 Å². The molecular formula is C15H13NO4S. The number of hydrogen-bond acceptors (Lipinski definition) is 4. The van der Waals surface area contributed by atoms with Crippen LogP contribution in [-0.4, -0.2) is 24.1 Å². The van der Waals surface area contributed by atoms with Crippen LogP contribution in [0.15, 0.2) is 41.8 Å². The average molecular weight is 303 g/mol. The van der Waals surface area contributed by atoms with Crippen molar-refractivity contribution in [1.29, 1.82) is 0 Å². The van der Waals surface area contributed by atoms with Gasteiger partial charge in [0.05, 0.1) is 18.4 Å². The van der Waals surface area contributed by atoms with E-state index in [2.05, 4.69) is 5.32 Å². The molecule has 6 heteroatoms. The molecule has 2 rings (SSSR count). The van der Waals surface area contributed by atoms with Gasteiger partial charge >= 0.3 is 5.97 Å². The van der Waals surface area contributed by atoms with Gasteiger partial charge in [-0.05, 0) is 35.7 Å². The first-order valence-electron chi connectivity index (χ1n) is 6.04. The molecular weight excluding hydrogens is 290 g/mol. The van der Waals surface area contributed by atoms with Crippen LogP contribution in [0.3, 0.4) is 0 Å². The predicted octanol–water partition coefficient (Wildman–Crippen LogP) is 3.11. The quantitative estimate of drug-likeness (QED) is 0.832. The Balaban J connectivity index is 2.15. The maximum absolute atomic E-state index is 11.8. The summed E-state index contributed by atoms with van der Waals surface area (Å²) >= 11 is 1.51. The summed E-state index contributed by atoms with van der Waals surface area (Å²) in [7, 11) is 1.45. The number of carbonyl (C=O) groups is 2. The van der Waals surface area contributed by atoms with E-state index in [0.29, 0.717) is 5.75 Å². The van der Waals surface area contributed by atoms with Crippen LogP contribution in [0.5, 0.6) is 5.75 Å². The minimum absolute atomic E-state index is 0.0211. The normalized spacial score (nSPS) is 10.5. The average Bonchev–Trinajstić information content (AvgIpc) is 2.98. The van der Waals surface area contributed by atoms with Crippen molar-refractivity contribution in [2.24, 2.45) is 0 Å². The molecule has 5 nitrogen and oxygen atoms in total. The Hall–Kier alpha value is -2.60. The molecule has 0 spiro atoms. The lowest BCUT2D eigenvalue weighted by atomic mass is 10.1. The highest BCUT2D eigenvalue weighted by atomic mass is 32.1. The summed E-state index contributed by atoms with van der Waals surface area (Å²) in [6.45, 7) is 0. The number of carbonyl (C=O) groups excluding carboxylic acids is 1. The summed E-state index contributed by atoms with van der Waals surface area (Å²) in [5, 5.41) is 13.6. The van der Waals surface area contributed by atoms with Gasteiger partial charge in [-0.2, -0.15) is 0 Å². The van der Waals surface area contributed by atoms with Crippen LogP contribution in [0.4, 0.5) is 5.69 Å². The maximum Gasteiger partial charge on any atom is 0.337 e. The number of rotatable bonds is 5. The van der Waals surface area contributed by atoms with Gasteiger partial charge in [-0.15, -0.1) is 11.3 Å². The number of methoxy groups -OCH3 is 1. The van der Waals surface area contributed by atoms with Crippen molar-refractivity contribution in [3.05, 3.63) is 52.2 Å². The molecule has 0 atom stereocenters.